The monoisotopic (exact) mass is 1010 g/mol. The average Bonchev–Trinajstić information content (AvgIpc) is 3.38. The zero-order valence-electron chi connectivity index (χ0n) is 47.9. The Kier molecular flexibility index (Phi) is 58.2. The van der Waals surface area contributed by atoms with Crippen LogP contribution in [0.2, 0.25) is 0 Å². The molecule has 6 nitrogen and oxygen atoms in total. The first-order valence-electron chi connectivity index (χ1n) is 31.3. The summed E-state index contributed by atoms with van der Waals surface area (Å²) in [6.07, 6.45) is 76.8. The molecule has 0 rings (SSSR count). The molecule has 0 amide bonds. The zero-order valence-corrected chi connectivity index (χ0v) is 47.9. The molecule has 1 atom stereocenters. The van der Waals surface area contributed by atoms with Crippen molar-refractivity contribution in [2.45, 2.75) is 329 Å². The van der Waals surface area contributed by atoms with Crippen LogP contribution in [-0.4, -0.2) is 37.2 Å². The normalized spacial score (nSPS) is 12.4. The highest BCUT2D eigenvalue weighted by atomic mass is 16.6. The first kappa shape index (κ1) is 69.1. The van der Waals surface area contributed by atoms with Gasteiger partial charge in [0.25, 0.3) is 0 Å². The Bertz CT molecular complexity index is 1290. The van der Waals surface area contributed by atoms with E-state index in [1.54, 1.807) is 0 Å². The quantitative estimate of drug-likeness (QED) is 0.0261. The summed E-state index contributed by atoms with van der Waals surface area (Å²) in [6.45, 7) is 6.50. The van der Waals surface area contributed by atoms with Crippen LogP contribution in [0.4, 0.5) is 0 Å². The highest BCUT2D eigenvalue weighted by Gasteiger charge is 2.19. The maximum absolute atomic E-state index is 12.9. The highest BCUT2D eigenvalue weighted by Crippen LogP contribution is 2.17. The van der Waals surface area contributed by atoms with Crippen LogP contribution >= 0.6 is 0 Å². The van der Waals surface area contributed by atoms with Gasteiger partial charge in [0.1, 0.15) is 13.2 Å². The van der Waals surface area contributed by atoms with Crippen LogP contribution in [0.5, 0.6) is 0 Å². The van der Waals surface area contributed by atoms with Gasteiger partial charge in [-0.1, -0.05) is 293 Å². The number of ether oxygens (including phenoxy) is 3. The van der Waals surface area contributed by atoms with E-state index in [-0.39, 0.29) is 37.5 Å². The van der Waals surface area contributed by atoms with E-state index in [9.17, 15) is 14.4 Å². The van der Waals surface area contributed by atoms with Crippen molar-refractivity contribution in [3.05, 3.63) is 60.8 Å². The van der Waals surface area contributed by atoms with E-state index in [4.69, 9.17) is 14.2 Å². The number of hydrogen-bond donors (Lipinski definition) is 0. The van der Waals surface area contributed by atoms with Gasteiger partial charge in [0, 0.05) is 19.3 Å². The Balaban J connectivity index is 4.28. The van der Waals surface area contributed by atoms with Gasteiger partial charge in [-0.2, -0.15) is 0 Å². The van der Waals surface area contributed by atoms with Crippen LogP contribution in [0.25, 0.3) is 0 Å². The number of rotatable bonds is 57. The molecule has 0 bridgehead atoms. The first-order chi connectivity index (χ1) is 35.5. The van der Waals surface area contributed by atoms with E-state index >= 15 is 0 Å². The molecular formula is C66H118O6. The van der Waals surface area contributed by atoms with Crippen LogP contribution in [-0.2, 0) is 28.6 Å². The first-order valence-corrected chi connectivity index (χ1v) is 31.3. The molecule has 0 heterocycles. The van der Waals surface area contributed by atoms with Gasteiger partial charge in [-0.3, -0.25) is 14.4 Å². The maximum Gasteiger partial charge on any atom is 0.306 e. The predicted octanol–water partition coefficient (Wildman–Crippen LogP) is 21.2. The lowest BCUT2D eigenvalue weighted by Gasteiger charge is -2.18. The fourth-order valence-corrected chi connectivity index (χ4v) is 9.10. The van der Waals surface area contributed by atoms with Gasteiger partial charge in [-0.05, 0) is 70.6 Å². The Morgan fingerprint density at radius 3 is 0.931 bits per heavy atom. The van der Waals surface area contributed by atoms with Crippen molar-refractivity contribution < 1.29 is 28.6 Å². The summed E-state index contributed by atoms with van der Waals surface area (Å²) < 4.78 is 16.8. The largest absolute Gasteiger partial charge is 0.462 e. The Hall–Kier alpha value is -2.89. The van der Waals surface area contributed by atoms with Gasteiger partial charge < -0.3 is 14.2 Å². The van der Waals surface area contributed by atoms with Crippen molar-refractivity contribution in [3.63, 3.8) is 0 Å². The molecule has 6 heteroatoms. The highest BCUT2D eigenvalue weighted by molar-refractivity contribution is 5.71. The van der Waals surface area contributed by atoms with E-state index in [0.29, 0.717) is 19.3 Å². The minimum Gasteiger partial charge on any atom is -0.462 e. The molecule has 72 heavy (non-hydrogen) atoms. The van der Waals surface area contributed by atoms with Gasteiger partial charge in [-0.15, -0.1) is 0 Å². The Morgan fingerprint density at radius 2 is 0.569 bits per heavy atom. The lowest BCUT2D eigenvalue weighted by molar-refractivity contribution is -0.166. The molecule has 0 aliphatic heterocycles. The van der Waals surface area contributed by atoms with Crippen molar-refractivity contribution in [2.24, 2.45) is 0 Å². The van der Waals surface area contributed by atoms with Crippen LogP contribution in [0.1, 0.15) is 323 Å². The molecule has 1 unspecified atom stereocenters. The summed E-state index contributed by atoms with van der Waals surface area (Å²) in [6, 6.07) is 0. The molecule has 0 aromatic rings. The third-order valence-electron chi connectivity index (χ3n) is 13.8. The number of esters is 3. The topological polar surface area (TPSA) is 78.9 Å². The molecule has 0 spiro atoms. The second kappa shape index (κ2) is 60.7. The molecule has 0 saturated heterocycles. The molecular weight excluding hydrogens is 889 g/mol. The summed E-state index contributed by atoms with van der Waals surface area (Å²) >= 11 is 0. The standard InChI is InChI=1S/C66H118O6/c1-4-7-10-13-16-19-22-25-27-29-30-31-32-33-34-35-36-37-39-41-44-47-50-53-56-59-65(68)71-62-63(61-70-64(67)58-55-52-49-46-43-40-24-21-18-15-12-9-6-3)72-66(69)60-57-54-51-48-45-42-38-28-26-23-20-17-14-11-8-5-2/h9,12,18,21,29-30,40,43,49,52,63H,4-8,10-11,13-17,19-20,22-28,31-39,41-42,44-48,50-51,53-62H2,1-3H3/b12-9-,21-18-,30-29-,43-40-,52-49-. The SMILES string of the molecule is CC/C=C\C/C=C\C/C=C\C/C=C\CCC(=O)OCC(COC(=O)CCCCCCCCCCCCCCC/C=C\CCCCCCCCCC)OC(=O)CCCCCCCCCCCCCCCCCC. The van der Waals surface area contributed by atoms with Gasteiger partial charge >= 0.3 is 17.9 Å². The minimum atomic E-state index is -0.801. The number of allylic oxidation sites excluding steroid dienone is 10. The van der Waals surface area contributed by atoms with Gasteiger partial charge in [-0.25, -0.2) is 0 Å². The van der Waals surface area contributed by atoms with E-state index in [1.807, 2.05) is 6.08 Å². The zero-order chi connectivity index (χ0) is 52.2. The van der Waals surface area contributed by atoms with Crippen molar-refractivity contribution in [3.8, 4) is 0 Å². The summed E-state index contributed by atoms with van der Waals surface area (Å²) in [5.41, 5.74) is 0. The smallest absolute Gasteiger partial charge is 0.306 e. The van der Waals surface area contributed by atoms with Gasteiger partial charge in [0.15, 0.2) is 6.10 Å². The predicted molar refractivity (Wildman–Crippen MR) is 312 cm³/mol. The number of carbonyl (C=O) groups excluding carboxylic acids is 3. The van der Waals surface area contributed by atoms with Crippen LogP contribution < -0.4 is 0 Å². The molecule has 0 aliphatic rings. The fraction of sp³-hybridized carbons (Fsp3) is 0.803. The number of hydrogen-bond acceptors (Lipinski definition) is 6. The summed E-state index contributed by atoms with van der Waals surface area (Å²) in [4.78, 5) is 38.2. The lowest BCUT2D eigenvalue weighted by Crippen LogP contribution is -2.30. The van der Waals surface area contributed by atoms with Gasteiger partial charge in [0.05, 0.1) is 0 Å². The third kappa shape index (κ3) is 58.0. The third-order valence-corrected chi connectivity index (χ3v) is 13.8. The summed E-state index contributed by atoms with van der Waals surface area (Å²) in [7, 11) is 0. The van der Waals surface area contributed by atoms with E-state index in [0.717, 1.165) is 64.2 Å². The Labute approximate surface area is 447 Å². The van der Waals surface area contributed by atoms with E-state index in [2.05, 4.69) is 75.5 Å². The molecule has 418 valence electrons. The van der Waals surface area contributed by atoms with Crippen LogP contribution in [0.15, 0.2) is 60.8 Å². The average molecular weight is 1010 g/mol. The number of carbonyl (C=O) groups is 3. The molecule has 0 radical (unpaired) electrons. The van der Waals surface area contributed by atoms with Crippen molar-refractivity contribution >= 4 is 17.9 Å². The van der Waals surface area contributed by atoms with Gasteiger partial charge in [0.2, 0.25) is 0 Å². The summed E-state index contributed by atoms with van der Waals surface area (Å²) in [5, 5.41) is 0. The van der Waals surface area contributed by atoms with E-state index in [1.165, 1.54) is 212 Å². The molecule has 0 aliphatic carbocycles. The molecule has 0 fully saturated rings. The Morgan fingerprint density at radius 1 is 0.292 bits per heavy atom. The van der Waals surface area contributed by atoms with Crippen LogP contribution in [0.3, 0.4) is 0 Å². The second-order valence-corrected chi connectivity index (χ2v) is 20.9. The fourth-order valence-electron chi connectivity index (χ4n) is 9.10. The van der Waals surface area contributed by atoms with Crippen molar-refractivity contribution in [1.82, 2.24) is 0 Å². The molecule has 0 N–H and O–H groups in total. The summed E-state index contributed by atoms with van der Waals surface area (Å²) in [5.74, 6) is -0.962. The van der Waals surface area contributed by atoms with Crippen molar-refractivity contribution in [1.29, 1.82) is 0 Å². The second-order valence-electron chi connectivity index (χ2n) is 20.9. The molecule has 0 aromatic carbocycles. The lowest BCUT2D eigenvalue weighted by atomic mass is 10.0. The van der Waals surface area contributed by atoms with E-state index < -0.39 is 6.10 Å². The molecule has 0 aromatic heterocycles. The van der Waals surface area contributed by atoms with Crippen molar-refractivity contribution in [2.75, 3.05) is 13.2 Å². The maximum atomic E-state index is 12.9. The van der Waals surface area contributed by atoms with Crippen LogP contribution in [0, 0.1) is 0 Å². The number of unbranched alkanes of at least 4 members (excludes halogenated alkanes) is 36. The molecule has 0 saturated carbocycles. The minimum absolute atomic E-state index is 0.0928.